The Kier molecular flexibility index (Phi) is 4.32. The third-order valence-electron chi connectivity index (χ3n) is 3.04. The predicted octanol–water partition coefficient (Wildman–Crippen LogP) is 1.50. The largest absolute Gasteiger partial charge is 0.326 e. The van der Waals surface area contributed by atoms with Crippen LogP contribution < -0.4 is 16.2 Å². The first-order chi connectivity index (χ1) is 9.65. The average molecular weight is 271 g/mol. The predicted molar refractivity (Wildman–Crippen MR) is 78.7 cm³/mol. The van der Waals surface area contributed by atoms with Gasteiger partial charge in [-0.05, 0) is 30.7 Å². The van der Waals surface area contributed by atoms with Gasteiger partial charge in [0.2, 0.25) is 5.56 Å². The van der Waals surface area contributed by atoms with Gasteiger partial charge < -0.3 is 15.6 Å². The molecule has 0 fully saturated rings. The summed E-state index contributed by atoms with van der Waals surface area (Å²) in [6, 6.07) is 12.0. The average Bonchev–Trinajstić information content (AvgIpc) is 2.48. The van der Waals surface area contributed by atoms with Crippen molar-refractivity contribution < 1.29 is 4.79 Å². The fourth-order valence-electron chi connectivity index (χ4n) is 1.97. The van der Waals surface area contributed by atoms with Crippen LogP contribution in [0, 0.1) is 0 Å². The van der Waals surface area contributed by atoms with Crippen LogP contribution in [0.25, 0.3) is 0 Å². The van der Waals surface area contributed by atoms with Crippen LogP contribution in [0.1, 0.15) is 23.0 Å². The van der Waals surface area contributed by atoms with Crippen molar-refractivity contribution in [1.82, 2.24) is 4.98 Å². The van der Waals surface area contributed by atoms with Gasteiger partial charge >= 0.3 is 0 Å². The summed E-state index contributed by atoms with van der Waals surface area (Å²) < 4.78 is 0. The number of benzene rings is 1. The van der Waals surface area contributed by atoms with Crippen LogP contribution in [-0.2, 0) is 6.54 Å². The van der Waals surface area contributed by atoms with E-state index in [0.29, 0.717) is 13.1 Å². The molecule has 1 heterocycles. The lowest BCUT2D eigenvalue weighted by Crippen LogP contribution is -2.32. The van der Waals surface area contributed by atoms with Gasteiger partial charge in [0.15, 0.2) is 0 Å². The Bertz CT molecular complexity index is 647. The van der Waals surface area contributed by atoms with Crippen molar-refractivity contribution in [3.63, 3.8) is 0 Å². The maximum Gasteiger partial charge on any atom is 0.274 e. The number of amides is 1. The van der Waals surface area contributed by atoms with Crippen LogP contribution in [0.5, 0.6) is 0 Å². The van der Waals surface area contributed by atoms with Crippen molar-refractivity contribution in [3.05, 3.63) is 64.1 Å². The van der Waals surface area contributed by atoms with Gasteiger partial charge in [-0.1, -0.05) is 18.2 Å². The van der Waals surface area contributed by atoms with Gasteiger partial charge in [0.05, 0.1) is 0 Å². The number of hydrogen-bond donors (Lipinski definition) is 2. The minimum absolute atomic E-state index is 0.231. The van der Waals surface area contributed by atoms with Gasteiger partial charge in [0, 0.05) is 24.8 Å². The Morgan fingerprint density at radius 2 is 1.90 bits per heavy atom. The number of carbonyl (C=O) groups excluding carboxylic acids is 1. The summed E-state index contributed by atoms with van der Waals surface area (Å²) in [6.07, 6.45) is 0. The van der Waals surface area contributed by atoms with E-state index < -0.39 is 0 Å². The molecule has 104 valence electrons. The number of aromatic nitrogens is 1. The summed E-state index contributed by atoms with van der Waals surface area (Å²) in [5, 5.41) is 0. The molecule has 1 aromatic carbocycles. The van der Waals surface area contributed by atoms with Gasteiger partial charge in [-0.15, -0.1) is 0 Å². The first-order valence-corrected chi connectivity index (χ1v) is 6.46. The zero-order chi connectivity index (χ0) is 14.5. The second kappa shape index (κ2) is 6.16. The molecule has 1 amide bonds. The normalized spacial score (nSPS) is 10.3. The van der Waals surface area contributed by atoms with Crippen molar-refractivity contribution >= 4 is 11.6 Å². The number of hydrogen-bond acceptors (Lipinski definition) is 3. The third-order valence-corrected chi connectivity index (χ3v) is 3.04. The molecule has 0 bridgehead atoms. The van der Waals surface area contributed by atoms with Gasteiger partial charge in [-0.2, -0.15) is 0 Å². The zero-order valence-corrected chi connectivity index (χ0v) is 11.3. The lowest BCUT2D eigenvalue weighted by Gasteiger charge is -2.21. The van der Waals surface area contributed by atoms with Crippen molar-refractivity contribution in [2.75, 3.05) is 11.4 Å². The highest BCUT2D eigenvalue weighted by Crippen LogP contribution is 2.17. The Hall–Kier alpha value is -2.40. The number of anilines is 1. The molecule has 1 aromatic heterocycles. The quantitative estimate of drug-likeness (QED) is 0.884. The molecule has 20 heavy (non-hydrogen) atoms. The van der Waals surface area contributed by atoms with Crippen LogP contribution in [0.4, 0.5) is 5.69 Å². The lowest BCUT2D eigenvalue weighted by atomic mass is 10.2. The third kappa shape index (κ3) is 2.95. The van der Waals surface area contributed by atoms with Crippen molar-refractivity contribution in [2.24, 2.45) is 5.73 Å². The number of nitrogens with two attached hydrogens (primary N) is 1. The summed E-state index contributed by atoms with van der Waals surface area (Å²) in [4.78, 5) is 27.8. The Morgan fingerprint density at radius 3 is 2.45 bits per heavy atom. The molecule has 5 nitrogen and oxygen atoms in total. The molecule has 0 saturated carbocycles. The summed E-state index contributed by atoms with van der Waals surface area (Å²) in [7, 11) is 0. The molecule has 0 saturated heterocycles. The molecule has 2 aromatic rings. The minimum atomic E-state index is -0.287. The Morgan fingerprint density at radius 1 is 1.20 bits per heavy atom. The number of carbonyl (C=O) groups is 1. The zero-order valence-electron chi connectivity index (χ0n) is 11.3. The molecule has 0 aliphatic carbocycles. The number of nitrogens with zero attached hydrogens (tertiary/aromatic N) is 1. The van der Waals surface area contributed by atoms with Crippen LogP contribution >= 0.6 is 0 Å². The summed E-state index contributed by atoms with van der Waals surface area (Å²) >= 11 is 0. The van der Waals surface area contributed by atoms with E-state index in [1.807, 2.05) is 31.2 Å². The number of nitrogens with one attached hydrogen (secondary N) is 1. The Balaban J connectivity index is 2.31. The van der Waals surface area contributed by atoms with E-state index in [1.165, 1.54) is 6.07 Å². The van der Waals surface area contributed by atoms with E-state index in [2.05, 4.69) is 4.98 Å². The second-order valence-corrected chi connectivity index (χ2v) is 4.35. The SMILES string of the molecule is CCN(C(=O)c1cccc(=O)[nH]1)c1ccc(CN)cc1. The topological polar surface area (TPSA) is 79.2 Å². The number of rotatable bonds is 4. The molecule has 0 unspecified atom stereocenters. The molecule has 0 aliphatic rings. The van der Waals surface area contributed by atoms with Crippen molar-refractivity contribution in [2.45, 2.75) is 13.5 Å². The monoisotopic (exact) mass is 271 g/mol. The van der Waals surface area contributed by atoms with Crippen LogP contribution in [-0.4, -0.2) is 17.4 Å². The molecule has 3 N–H and O–H groups in total. The standard InChI is InChI=1S/C15H17N3O2/c1-2-18(12-8-6-11(10-16)7-9-12)15(20)13-4-3-5-14(19)17-13/h3-9H,2,10,16H2,1H3,(H,17,19). The molecule has 0 spiro atoms. The Labute approximate surface area is 117 Å². The number of H-pyrrole nitrogens is 1. The van der Waals surface area contributed by atoms with Gasteiger partial charge in [-0.25, -0.2) is 0 Å². The molecular weight excluding hydrogens is 254 g/mol. The first kappa shape index (κ1) is 14.0. The fourth-order valence-corrected chi connectivity index (χ4v) is 1.97. The highest BCUT2D eigenvalue weighted by Gasteiger charge is 2.16. The van der Waals surface area contributed by atoms with Crippen LogP contribution in [0.15, 0.2) is 47.3 Å². The fraction of sp³-hybridized carbons (Fsp3) is 0.200. The lowest BCUT2D eigenvalue weighted by molar-refractivity contribution is 0.0983. The van der Waals surface area contributed by atoms with Gasteiger partial charge in [0.1, 0.15) is 5.69 Å². The van der Waals surface area contributed by atoms with Crippen LogP contribution in [0.2, 0.25) is 0 Å². The molecule has 0 radical (unpaired) electrons. The van der Waals surface area contributed by atoms with E-state index in [4.69, 9.17) is 5.73 Å². The van der Waals surface area contributed by atoms with Crippen molar-refractivity contribution in [1.29, 1.82) is 0 Å². The van der Waals surface area contributed by atoms with Crippen LogP contribution in [0.3, 0.4) is 0 Å². The molecule has 0 aliphatic heterocycles. The highest BCUT2D eigenvalue weighted by molar-refractivity contribution is 6.04. The molecule has 0 atom stereocenters. The summed E-state index contributed by atoms with van der Waals surface area (Å²) in [5.41, 5.74) is 7.33. The summed E-state index contributed by atoms with van der Waals surface area (Å²) in [6.45, 7) is 2.86. The molecular formula is C15H17N3O2. The van der Waals surface area contributed by atoms with E-state index >= 15 is 0 Å². The van der Waals surface area contributed by atoms with Gasteiger partial charge in [-0.3, -0.25) is 9.59 Å². The van der Waals surface area contributed by atoms with Crippen molar-refractivity contribution in [3.8, 4) is 0 Å². The van der Waals surface area contributed by atoms with Gasteiger partial charge in [0.25, 0.3) is 5.91 Å². The number of pyridine rings is 1. The molecule has 2 rings (SSSR count). The highest BCUT2D eigenvalue weighted by atomic mass is 16.2. The summed E-state index contributed by atoms with van der Waals surface area (Å²) in [5.74, 6) is -0.231. The number of aromatic amines is 1. The van der Waals surface area contributed by atoms with E-state index in [-0.39, 0.29) is 17.2 Å². The van der Waals surface area contributed by atoms with E-state index in [0.717, 1.165) is 11.3 Å². The maximum atomic E-state index is 12.4. The first-order valence-electron chi connectivity index (χ1n) is 6.46. The smallest absolute Gasteiger partial charge is 0.274 e. The maximum absolute atomic E-state index is 12.4. The van der Waals surface area contributed by atoms with E-state index in [1.54, 1.807) is 17.0 Å². The molecule has 5 heteroatoms. The minimum Gasteiger partial charge on any atom is -0.326 e. The second-order valence-electron chi connectivity index (χ2n) is 4.35. The van der Waals surface area contributed by atoms with E-state index in [9.17, 15) is 9.59 Å².